The van der Waals surface area contributed by atoms with E-state index in [1.165, 1.54) is 0 Å². The molecule has 1 atom stereocenters. The van der Waals surface area contributed by atoms with Crippen molar-refractivity contribution < 1.29 is 14.6 Å². The number of aliphatic hydroxyl groups excluding tert-OH is 1. The molecule has 1 aromatic heterocycles. The highest BCUT2D eigenvalue weighted by atomic mass is 16.5. The van der Waals surface area contributed by atoms with E-state index in [9.17, 15) is 4.79 Å². The first-order valence-electron chi connectivity index (χ1n) is 7.64. The van der Waals surface area contributed by atoms with Crippen LogP contribution in [0.25, 0.3) is 0 Å². The van der Waals surface area contributed by atoms with Crippen molar-refractivity contribution in [3.63, 3.8) is 0 Å². The van der Waals surface area contributed by atoms with E-state index in [1.54, 1.807) is 18.2 Å². The van der Waals surface area contributed by atoms with Crippen LogP contribution in [0.4, 0.5) is 0 Å². The first kappa shape index (κ1) is 17.1. The molecule has 0 saturated heterocycles. The van der Waals surface area contributed by atoms with Crippen LogP contribution in [0.3, 0.4) is 0 Å². The summed E-state index contributed by atoms with van der Waals surface area (Å²) in [6.45, 7) is 3.97. The third-order valence-corrected chi connectivity index (χ3v) is 3.22. The van der Waals surface area contributed by atoms with Gasteiger partial charge in [-0.25, -0.2) is 0 Å². The Bertz CT molecular complexity index is 629. The van der Waals surface area contributed by atoms with Crippen LogP contribution in [0.15, 0.2) is 48.5 Å². The molecule has 0 saturated carbocycles. The van der Waals surface area contributed by atoms with Crippen molar-refractivity contribution in [3.8, 4) is 0 Å². The highest BCUT2D eigenvalue weighted by Crippen LogP contribution is 2.19. The Kier molecular flexibility index (Phi) is 6.26. The minimum absolute atomic E-state index is 0.0678. The molecule has 5 nitrogen and oxygen atoms in total. The number of hydrogen-bond acceptors (Lipinski definition) is 4. The zero-order valence-corrected chi connectivity index (χ0v) is 13.4. The molecular weight excluding hydrogens is 292 g/mol. The normalized spacial score (nSPS) is 12.2. The van der Waals surface area contributed by atoms with Crippen LogP contribution >= 0.6 is 0 Å². The number of aromatic nitrogens is 1. The molecule has 0 bridgehead atoms. The summed E-state index contributed by atoms with van der Waals surface area (Å²) in [5, 5.41) is 12.0. The number of carbonyl (C=O) groups excluding carboxylic acids is 1. The largest absolute Gasteiger partial charge is 0.390 e. The standard InChI is InChI=1S/C18H22N2O3/c1-13(2)23-17(14-7-4-3-5-8-14)18(22)19-11-15-9-6-10-16(12-21)20-15/h3-10,13,17,21H,11-12H2,1-2H3,(H,19,22). The van der Waals surface area contributed by atoms with Crippen LogP contribution < -0.4 is 5.32 Å². The Morgan fingerprint density at radius 2 is 1.83 bits per heavy atom. The quantitative estimate of drug-likeness (QED) is 0.823. The predicted molar refractivity (Wildman–Crippen MR) is 87.4 cm³/mol. The zero-order chi connectivity index (χ0) is 16.7. The molecule has 1 amide bonds. The third kappa shape index (κ3) is 5.16. The molecule has 23 heavy (non-hydrogen) atoms. The molecule has 1 heterocycles. The minimum Gasteiger partial charge on any atom is -0.390 e. The molecular formula is C18H22N2O3. The molecule has 0 aliphatic rings. The van der Waals surface area contributed by atoms with Gasteiger partial charge in [0.25, 0.3) is 5.91 Å². The molecule has 0 radical (unpaired) electrons. The lowest BCUT2D eigenvalue weighted by Crippen LogP contribution is -2.32. The third-order valence-electron chi connectivity index (χ3n) is 3.22. The fourth-order valence-corrected chi connectivity index (χ4v) is 2.18. The van der Waals surface area contributed by atoms with Crippen molar-refractivity contribution >= 4 is 5.91 Å². The summed E-state index contributed by atoms with van der Waals surface area (Å²) in [6, 6.07) is 14.8. The van der Waals surface area contributed by atoms with E-state index in [4.69, 9.17) is 9.84 Å². The number of hydrogen-bond donors (Lipinski definition) is 2. The van der Waals surface area contributed by atoms with Gasteiger partial charge in [0.2, 0.25) is 0 Å². The minimum atomic E-state index is -0.655. The van der Waals surface area contributed by atoms with Gasteiger partial charge in [0.1, 0.15) is 0 Å². The predicted octanol–water partition coefficient (Wildman–Crippen LogP) is 2.36. The van der Waals surface area contributed by atoms with Crippen LogP contribution in [0.2, 0.25) is 0 Å². The Morgan fingerprint density at radius 3 is 2.48 bits per heavy atom. The molecule has 2 aromatic rings. The average molecular weight is 314 g/mol. The van der Waals surface area contributed by atoms with Crippen LogP contribution in [-0.2, 0) is 22.7 Å². The number of nitrogens with one attached hydrogen (secondary N) is 1. The number of rotatable bonds is 7. The fraction of sp³-hybridized carbons (Fsp3) is 0.333. The Labute approximate surface area is 136 Å². The van der Waals surface area contributed by atoms with Gasteiger partial charge < -0.3 is 15.2 Å². The van der Waals surface area contributed by atoms with Crippen molar-refractivity contribution in [2.24, 2.45) is 0 Å². The summed E-state index contributed by atoms with van der Waals surface area (Å²) in [4.78, 5) is 16.7. The highest BCUT2D eigenvalue weighted by Gasteiger charge is 2.22. The van der Waals surface area contributed by atoms with E-state index in [1.807, 2.05) is 44.2 Å². The second kappa shape index (κ2) is 8.41. The van der Waals surface area contributed by atoms with E-state index in [-0.39, 0.29) is 25.2 Å². The van der Waals surface area contributed by atoms with E-state index in [0.717, 1.165) is 5.56 Å². The zero-order valence-electron chi connectivity index (χ0n) is 13.4. The topological polar surface area (TPSA) is 71.5 Å². The lowest BCUT2D eigenvalue weighted by molar-refractivity contribution is -0.136. The lowest BCUT2D eigenvalue weighted by Gasteiger charge is -2.20. The molecule has 1 unspecified atom stereocenters. The Balaban J connectivity index is 2.05. The van der Waals surface area contributed by atoms with E-state index in [2.05, 4.69) is 10.3 Å². The van der Waals surface area contributed by atoms with Crippen LogP contribution in [0, 0.1) is 0 Å². The number of ether oxygens (including phenoxy) is 1. The number of amides is 1. The maximum Gasteiger partial charge on any atom is 0.254 e. The van der Waals surface area contributed by atoms with Gasteiger partial charge in [-0.3, -0.25) is 9.78 Å². The SMILES string of the molecule is CC(C)OC(C(=O)NCc1cccc(CO)n1)c1ccccc1. The van der Waals surface area contributed by atoms with Gasteiger partial charge >= 0.3 is 0 Å². The van der Waals surface area contributed by atoms with Gasteiger partial charge in [0.15, 0.2) is 6.10 Å². The summed E-state index contributed by atoms with van der Waals surface area (Å²) in [5.74, 6) is -0.207. The Morgan fingerprint density at radius 1 is 1.13 bits per heavy atom. The highest BCUT2D eigenvalue weighted by molar-refractivity contribution is 5.82. The van der Waals surface area contributed by atoms with Crippen LogP contribution in [0.5, 0.6) is 0 Å². The first-order chi connectivity index (χ1) is 11.1. The van der Waals surface area contributed by atoms with Gasteiger partial charge in [0, 0.05) is 0 Å². The second-order valence-corrected chi connectivity index (χ2v) is 5.47. The molecule has 1 aromatic carbocycles. The van der Waals surface area contributed by atoms with Gasteiger partial charge in [-0.05, 0) is 31.5 Å². The Hall–Kier alpha value is -2.24. The second-order valence-electron chi connectivity index (χ2n) is 5.47. The molecule has 122 valence electrons. The van der Waals surface area contributed by atoms with Crippen LogP contribution in [-0.4, -0.2) is 22.1 Å². The molecule has 5 heteroatoms. The van der Waals surface area contributed by atoms with Crippen molar-refractivity contribution in [2.75, 3.05) is 0 Å². The van der Waals surface area contributed by atoms with Gasteiger partial charge in [0.05, 0.1) is 30.6 Å². The number of carbonyl (C=O) groups is 1. The van der Waals surface area contributed by atoms with Crippen molar-refractivity contribution in [1.29, 1.82) is 0 Å². The van der Waals surface area contributed by atoms with Gasteiger partial charge in [-0.15, -0.1) is 0 Å². The molecule has 0 spiro atoms. The number of nitrogens with zero attached hydrogens (tertiary/aromatic N) is 1. The van der Waals surface area contributed by atoms with Crippen LogP contribution in [0.1, 0.15) is 36.9 Å². The monoisotopic (exact) mass is 314 g/mol. The van der Waals surface area contributed by atoms with E-state index < -0.39 is 6.10 Å². The van der Waals surface area contributed by atoms with Gasteiger partial charge in [-0.1, -0.05) is 36.4 Å². The number of aliphatic hydroxyl groups is 1. The van der Waals surface area contributed by atoms with Crippen molar-refractivity contribution in [1.82, 2.24) is 10.3 Å². The maximum absolute atomic E-state index is 12.5. The smallest absolute Gasteiger partial charge is 0.254 e. The summed E-state index contributed by atoms with van der Waals surface area (Å²) in [6.07, 6.45) is -0.723. The van der Waals surface area contributed by atoms with Crippen molar-refractivity contribution in [3.05, 3.63) is 65.5 Å². The maximum atomic E-state index is 12.5. The first-order valence-corrected chi connectivity index (χ1v) is 7.64. The summed E-state index contributed by atoms with van der Waals surface area (Å²) >= 11 is 0. The van der Waals surface area contributed by atoms with E-state index in [0.29, 0.717) is 11.4 Å². The molecule has 0 aliphatic heterocycles. The van der Waals surface area contributed by atoms with Gasteiger partial charge in [-0.2, -0.15) is 0 Å². The lowest BCUT2D eigenvalue weighted by atomic mass is 10.1. The molecule has 2 rings (SSSR count). The number of benzene rings is 1. The molecule has 0 aliphatic carbocycles. The molecule has 0 fully saturated rings. The van der Waals surface area contributed by atoms with E-state index >= 15 is 0 Å². The summed E-state index contributed by atoms with van der Waals surface area (Å²) in [5.41, 5.74) is 2.09. The summed E-state index contributed by atoms with van der Waals surface area (Å²) in [7, 11) is 0. The average Bonchev–Trinajstić information content (AvgIpc) is 2.58. The van der Waals surface area contributed by atoms with Crippen molar-refractivity contribution in [2.45, 2.75) is 39.2 Å². The summed E-state index contributed by atoms with van der Waals surface area (Å²) < 4.78 is 5.76. The number of pyridine rings is 1. The molecule has 2 N–H and O–H groups in total. The fourth-order valence-electron chi connectivity index (χ4n) is 2.18.